The number of hydrogen-bond donors (Lipinski definition) is 2. The number of hydrogen-bond acceptors (Lipinski definition) is 4. The van der Waals surface area contributed by atoms with Crippen molar-refractivity contribution in [2.75, 3.05) is 12.4 Å². The molecule has 0 bridgehead atoms. The predicted octanol–water partition coefficient (Wildman–Crippen LogP) is 1.26. The topological polar surface area (TPSA) is 46.5 Å². The van der Waals surface area contributed by atoms with Gasteiger partial charge >= 0.3 is 6.16 Å². The van der Waals surface area contributed by atoms with E-state index >= 15 is 0 Å². The number of carboxylic acid groups (broad SMARTS) is 1. The molecule has 0 aromatic heterocycles. The third-order valence-corrected chi connectivity index (χ3v) is 1.30. The molecule has 0 heterocycles. The Morgan fingerprint density at radius 1 is 1.88 bits per heavy atom. The molecule has 0 atom stereocenters. The van der Waals surface area contributed by atoms with Gasteiger partial charge in [0.25, 0.3) is 0 Å². The molecule has 0 fully saturated rings. The van der Waals surface area contributed by atoms with Gasteiger partial charge in [-0.15, -0.1) is 11.7 Å². The lowest BCUT2D eigenvalue weighted by Gasteiger charge is -1.94. The molecule has 8 heavy (non-hydrogen) atoms. The van der Waals surface area contributed by atoms with Crippen LogP contribution < -0.4 is 0 Å². The van der Waals surface area contributed by atoms with Gasteiger partial charge in [-0.05, 0) is 0 Å². The van der Waals surface area contributed by atoms with Gasteiger partial charge in [-0.2, -0.15) is 0 Å². The average molecular weight is 154 g/mol. The summed E-state index contributed by atoms with van der Waals surface area (Å²) in [7, 11) is 1.25. The molecule has 0 aromatic carbocycles. The minimum absolute atomic E-state index is 0.212. The van der Waals surface area contributed by atoms with E-state index in [1.165, 1.54) is 10.8 Å². The van der Waals surface area contributed by atoms with E-state index < -0.39 is 6.16 Å². The average Bonchev–Trinajstić information content (AvgIpc) is 1.66. The summed E-state index contributed by atoms with van der Waals surface area (Å²) in [6, 6.07) is 0. The number of thiol groups is 1. The zero-order chi connectivity index (χ0) is 6.41. The second-order valence-electron chi connectivity index (χ2n) is 0.948. The van der Waals surface area contributed by atoms with Gasteiger partial charge in [-0.1, -0.05) is 10.8 Å². The standard InChI is InChI=1S/C3H6O3S2/c4-3(5)6-1-2-8-7/h7H,1-2H2,(H,4,5). The van der Waals surface area contributed by atoms with E-state index in [4.69, 9.17) is 5.11 Å². The van der Waals surface area contributed by atoms with Crippen molar-refractivity contribution in [2.24, 2.45) is 0 Å². The van der Waals surface area contributed by atoms with Gasteiger partial charge in [0.15, 0.2) is 0 Å². The summed E-state index contributed by atoms with van der Waals surface area (Å²) in [4.78, 5) is 9.62. The van der Waals surface area contributed by atoms with Crippen LogP contribution in [0.1, 0.15) is 0 Å². The fourth-order valence-electron chi connectivity index (χ4n) is 0.166. The SMILES string of the molecule is O=C(O)OCCSS. The molecule has 0 aliphatic carbocycles. The Morgan fingerprint density at radius 3 is 2.88 bits per heavy atom. The van der Waals surface area contributed by atoms with E-state index in [1.54, 1.807) is 0 Å². The van der Waals surface area contributed by atoms with Gasteiger partial charge in [0.05, 0.1) is 0 Å². The molecule has 0 saturated heterocycles. The minimum Gasteiger partial charge on any atom is -0.450 e. The van der Waals surface area contributed by atoms with E-state index in [9.17, 15) is 4.79 Å². The quantitative estimate of drug-likeness (QED) is 0.278. The normalized spacial score (nSPS) is 8.62. The zero-order valence-electron chi connectivity index (χ0n) is 4.03. The fourth-order valence-corrected chi connectivity index (χ4v) is 0.548. The number of ether oxygens (including phenoxy) is 1. The van der Waals surface area contributed by atoms with E-state index in [0.29, 0.717) is 5.75 Å². The minimum atomic E-state index is -1.23. The van der Waals surface area contributed by atoms with Gasteiger partial charge in [0, 0.05) is 5.75 Å². The van der Waals surface area contributed by atoms with Gasteiger partial charge in [-0.25, -0.2) is 4.79 Å². The van der Waals surface area contributed by atoms with Gasteiger partial charge < -0.3 is 9.84 Å². The Labute approximate surface area is 56.2 Å². The first kappa shape index (κ1) is 7.97. The first-order chi connectivity index (χ1) is 3.77. The van der Waals surface area contributed by atoms with Crippen LogP contribution in [0.15, 0.2) is 0 Å². The van der Waals surface area contributed by atoms with E-state index in [1.807, 2.05) is 0 Å². The summed E-state index contributed by atoms with van der Waals surface area (Å²) in [5.74, 6) is 0.593. The highest BCUT2D eigenvalue weighted by atomic mass is 33.1. The molecule has 0 aliphatic rings. The van der Waals surface area contributed by atoms with Crippen LogP contribution in [0.5, 0.6) is 0 Å². The van der Waals surface area contributed by atoms with Gasteiger partial charge in [0.1, 0.15) is 6.61 Å². The molecule has 0 spiro atoms. The van der Waals surface area contributed by atoms with Crippen molar-refractivity contribution >= 4 is 28.6 Å². The van der Waals surface area contributed by atoms with Crippen LogP contribution in [0.25, 0.3) is 0 Å². The smallest absolute Gasteiger partial charge is 0.450 e. The van der Waals surface area contributed by atoms with Crippen molar-refractivity contribution in [1.82, 2.24) is 0 Å². The predicted molar refractivity (Wildman–Crippen MR) is 35.4 cm³/mol. The Hall–Kier alpha value is -0.0300. The molecule has 0 amide bonds. The second-order valence-corrected chi connectivity index (χ2v) is 2.39. The Kier molecular flexibility index (Phi) is 5.09. The van der Waals surface area contributed by atoms with Crippen molar-refractivity contribution in [1.29, 1.82) is 0 Å². The second kappa shape index (κ2) is 5.11. The lowest BCUT2D eigenvalue weighted by atomic mass is 10.9. The van der Waals surface area contributed by atoms with Crippen molar-refractivity contribution < 1.29 is 14.6 Å². The molecule has 3 nitrogen and oxygen atoms in total. The Morgan fingerprint density at radius 2 is 2.50 bits per heavy atom. The van der Waals surface area contributed by atoms with Crippen LogP contribution in [0.2, 0.25) is 0 Å². The first-order valence-electron chi connectivity index (χ1n) is 1.89. The largest absolute Gasteiger partial charge is 0.505 e. The lowest BCUT2D eigenvalue weighted by molar-refractivity contribution is 0.0975. The third-order valence-electron chi connectivity index (χ3n) is 0.400. The molecule has 0 aromatic rings. The van der Waals surface area contributed by atoms with E-state index in [0.717, 1.165) is 0 Å². The molecule has 0 unspecified atom stereocenters. The van der Waals surface area contributed by atoms with Crippen LogP contribution >= 0.6 is 22.5 Å². The maximum Gasteiger partial charge on any atom is 0.505 e. The molecule has 0 rings (SSSR count). The maximum absolute atomic E-state index is 9.62. The molecule has 48 valence electrons. The Bertz CT molecular complexity index is 74.9. The number of carbonyl (C=O) groups is 1. The molecule has 5 heteroatoms. The van der Waals surface area contributed by atoms with Crippen LogP contribution in [0.3, 0.4) is 0 Å². The monoisotopic (exact) mass is 154 g/mol. The van der Waals surface area contributed by atoms with Crippen LogP contribution in [-0.2, 0) is 4.74 Å². The Balaban J connectivity index is 2.82. The molecular formula is C3H6O3S2. The van der Waals surface area contributed by atoms with Gasteiger partial charge in [0.2, 0.25) is 0 Å². The van der Waals surface area contributed by atoms with Crippen LogP contribution in [-0.4, -0.2) is 23.6 Å². The van der Waals surface area contributed by atoms with E-state index in [2.05, 4.69) is 16.4 Å². The molecule has 0 saturated carbocycles. The highest BCUT2D eigenvalue weighted by molar-refractivity contribution is 8.68. The lowest BCUT2D eigenvalue weighted by Crippen LogP contribution is -2.02. The van der Waals surface area contributed by atoms with Crippen molar-refractivity contribution in [2.45, 2.75) is 0 Å². The highest BCUT2D eigenvalue weighted by Gasteiger charge is 1.92. The summed E-state index contributed by atoms with van der Waals surface area (Å²) >= 11 is 3.77. The molecule has 0 radical (unpaired) electrons. The first-order valence-corrected chi connectivity index (χ1v) is 3.93. The van der Waals surface area contributed by atoms with Crippen molar-refractivity contribution in [3.63, 3.8) is 0 Å². The summed E-state index contributed by atoms with van der Waals surface area (Å²) in [6.45, 7) is 0.212. The zero-order valence-corrected chi connectivity index (χ0v) is 5.74. The number of rotatable bonds is 3. The summed E-state index contributed by atoms with van der Waals surface area (Å²) in [6.07, 6.45) is -1.23. The molecule has 0 aliphatic heterocycles. The summed E-state index contributed by atoms with van der Waals surface area (Å²) in [5, 5.41) is 7.88. The van der Waals surface area contributed by atoms with Crippen molar-refractivity contribution in [3.05, 3.63) is 0 Å². The summed E-state index contributed by atoms with van der Waals surface area (Å²) < 4.78 is 4.13. The van der Waals surface area contributed by atoms with Gasteiger partial charge in [-0.3, -0.25) is 0 Å². The highest BCUT2D eigenvalue weighted by Crippen LogP contribution is 2.02. The maximum atomic E-state index is 9.62. The fraction of sp³-hybridized carbons (Fsp3) is 0.667. The third kappa shape index (κ3) is 5.97. The van der Waals surface area contributed by atoms with Crippen LogP contribution in [0.4, 0.5) is 4.79 Å². The van der Waals surface area contributed by atoms with Crippen molar-refractivity contribution in [3.8, 4) is 0 Å². The van der Waals surface area contributed by atoms with Crippen LogP contribution in [0, 0.1) is 0 Å². The van der Waals surface area contributed by atoms with E-state index in [-0.39, 0.29) is 6.61 Å². The molecule has 1 N–H and O–H groups in total. The summed E-state index contributed by atoms with van der Waals surface area (Å²) in [5.41, 5.74) is 0. The molecular weight excluding hydrogens is 148 g/mol.